The first kappa shape index (κ1) is 12.2. The molecule has 0 N–H and O–H groups in total. The molecule has 3 rings (SSSR count). The Morgan fingerprint density at radius 3 is 1.63 bits per heavy atom. The highest BCUT2D eigenvalue weighted by atomic mass is 19.3. The summed E-state index contributed by atoms with van der Waals surface area (Å²) in [7, 11) is 0. The number of rotatable bonds is 2. The minimum atomic E-state index is -4.07. The van der Waals surface area contributed by atoms with Crippen molar-refractivity contribution >= 4 is 0 Å². The summed E-state index contributed by atoms with van der Waals surface area (Å²) in [5.74, 6) is -5.64. The van der Waals surface area contributed by atoms with Gasteiger partial charge in [0.2, 0.25) is 0 Å². The summed E-state index contributed by atoms with van der Waals surface area (Å²) in [5, 5.41) is 0. The van der Waals surface area contributed by atoms with E-state index in [0.717, 1.165) is 0 Å². The lowest BCUT2D eigenvalue weighted by atomic mass is 9.90. The van der Waals surface area contributed by atoms with E-state index in [0.29, 0.717) is 11.1 Å². The summed E-state index contributed by atoms with van der Waals surface area (Å²) < 4.78 is 53.1. The molecule has 2 aromatic carbocycles. The van der Waals surface area contributed by atoms with Crippen LogP contribution >= 0.6 is 0 Å². The average molecular weight is 266 g/mol. The molecular formula is C15H10F4. The van der Waals surface area contributed by atoms with E-state index in [4.69, 9.17) is 0 Å². The van der Waals surface area contributed by atoms with E-state index in [-0.39, 0.29) is 11.1 Å². The van der Waals surface area contributed by atoms with Gasteiger partial charge in [0.25, 0.3) is 0 Å². The quantitative estimate of drug-likeness (QED) is 0.691. The number of hydrogen-bond donors (Lipinski definition) is 0. The van der Waals surface area contributed by atoms with E-state index in [1.54, 1.807) is 36.4 Å². The molecule has 4 heteroatoms. The highest BCUT2D eigenvalue weighted by molar-refractivity contribution is 5.79. The lowest BCUT2D eigenvalue weighted by molar-refractivity contribution is -0.137. The van der Waals surface area contributed by atoms with E-state index in [1.807, 2.05) is 0 Å². The van der Waals surface area contributed by atoms with Crippen molar-refractivity contribution in [2.24, 2.45) is 0 Å². The van der Waals surface area contributed by atoms with Gasteiger partial charge in [-0.2, -0.15) is 8.78 Å². The molecule has 0 saturated carbocycles. The Labute approximate surface area is 107 Å². The molecule has 0 aromatic heterocycles. The second-order valence-electron chi connectivity index (χ2n) is 4.58. The first-order valence-corrected chi connectivity index (χ1v) is 5.87. The van der Waals surface area contributed by atoms with E-state index in [1.165, 1.54) is 12.1 Å². The third-order valence-electron chi connectivity index (χ3n) is 3.51. The maximum atomic E-state index is 13.9. The van der Waals surface area contributed by atoms with Crippen molar-refractivity contribution in [2.75, 3.05) is 0 Å². The average Bonchev–Trinajstić information content (AvgIpc) is 2.73. The van der Waals surface area contributed by atoms with Gasteiger partial charge in [0, 0.05) is 0 Å². The van der Waals surface area contributed by atoms with Crippen molar-refractivity contribution in [1.29, 1.82) is 0 Å². The molecular weight excluding hydrogens is 256 g/mol. The fourth-order valence-corrected chi connectivity index (χ4v) is 2.70. The molecule has 0 amide bonds. The van der Waals surface area contributed by atoms with Gasteiger partial charge in [-0.25, -0.2) is 8.78 Å². The van der Waals surface area contributed by atoms with Crippen LogP contribution in [0.1, 0.15) is 17.0 Å². The molecule has 0 atom stereocenters. The van der Waals surface area contributed by atoms with Gasteiger partial charge in [0.1, 0.15) is 0 Å². The second kappa shape index (κ2) is 4.08. The zero-order valence-corrected chi connectivity index (χ0v) is 9.79. The molecule has 0 fully saturated rings. The molecule has 2 aromatic rings. The summed E-state index contributed by atoms with van der Waals surface area (Å²) in [4.78, 5) is 0. The van der Waals surface area contributed by atoms with Gasteiger partial charge in [0.15, 0.2) is 0 Å². The summed E-state index contributed by atoms with van der Waals surface area (Å²) in [5.41, 5.74) is 1.77. The lowest BCUT2D eigenvalue weighted by Crippen LogP contribution is -2.34. The SMILES string of the molecule is FC(F)C(F)(F)C1c2ccccc2-c2ccccc21. The number of fused-ring (bicyclic) bond motifs is 3. The zero-order valence-electron chi connectivity index (χ0n) is 9.79. The highest BCUT2D eigenvalue weighted by Gasteiger charge is 2.53. The molecule has 98 valence electrons. The topological polar surface area (TPSA) is 0 Å². The Morgan fingerprint density at radius 1 is 0.789 bits per heavy atom. The third-order valence-corrected chi connectivity index (χ3v) is 3.51. The van der Waals surface area contributed by atoms with Crippen molar-refractivity contribution in [3.8, 4) is 11.1 Å². The van der Waals surface area contributed by atoms with Crippen LogP contribution in [0, 0.1) is 0 Å². The van der Waals surface area contributed by atoms with Crippen LogP contribution in [-0.2, 0) is 0 Å². The minimum absolute atomic E-state index is 0.272. The van der Waals surface area contributed by atoms with Gasteiger partial charge in [-0.05, 0) is 22.3 Å². The zero-order chi connectivity index (χ0) is 13.6. The van der Waals surface area contributed by atoms with Gasteiger partial charge in [-0.1, -0.05) is 48.5 Å². The molecule has 0 unspecified atom stereocenters. The van der Waals surface area contributed by atoms with Crippen LogP contribution in [0.5, 0.6) is 0 Å². The van der Waals surface area contributed by atoms with Crippen molar-refractivity contribution in [2.45, 2.75) is 18.3 Å². The van der Waals surface area contributed by atoms with Gasteiger partial charge in [-0.3, -0.25) is 0 Å². The Balaban J connectivity index is 2.26. The van der Waals surface area contributed by atoms with Crippen LogP contribution in [-0.4, -0.2) is 12.3 Å². The van der Waals surface area contributed by atoms with Crippen LogP contribution in [0.4, 0.5) is 17.6 Å². The molecule has 1 aliphatic carbocycles. The smallest absolute Gasteiger partial charge is 0.204 e. The molecule has 19 heavy (non-hydrogen) atoms. The van der Waals surface area contributed by atoms with Gasteiger partial charge in [-0.15, -0.1) is 0 Å². The third kappa shape index (κ3) is 1.66. The van der Waals surface area contributed by atoms with E-state index in [9.17, 15) is 17.6 Å². The molecule has 0 saturated heterocycles. The number of hydrogen-bond acceptors (Lipinski definition) is 0. The molecule has 0 aliphatic heterocycles. The van der Waals surface area contributed by atoms with Gasteiger partial charge < -0.3 is 0 Å². The van der Waals surface area contributed by atoms with E-state index < -0.39 is 18.3 Å². The molecule has 0 heterocycles. The Kier molecular flexibility index (Phi) is 2.62. The fourth-order valence-electron chi connectivity index (χ4n) is 2.70. The predicted molar refractivity (Wildman–Crippen MR) is 64.7 cm³/mol. The summed E-state index contributed by atoms with van der Waals surface area (Å²) in [6, 6.07) is 13.0. The Morgan fingerprint density at radius 2 is 1.21 bits per heavy atom. The van der Waals surface area contributed by atoms with Gasteiger partial charge in [0.05, 0.1) is 5.92 Å². The van der Waals surface area contributed by atoms with Crippen molar-refractivity contribution < 1.29 is 17.6 Å². The van der Waals surface area contributed by atoms with E-state index in [2.05, 4.69) is 0 Å². The minimum Gasteiger partial charge on any atom is -0.204 e. The van der Waals surface area contributed by atoms with Crippen LogP contribution < -0.4 is 0 Å². The number of benzene rings is 2. The normalized spacial score (nSPS) is 14.6. The predicted octanol–water partition coefficient (Wildman–Crippen LogP) is 4.70. The number of halogens is 4. The van der Waals surface area contributed by atoms with Crippen LogP contribution in [0.25, 0.3) is 11.1 Å². The van der Waals surface area contributed by atoms with Crippen LogP contribution in [0.15, 0.2) is 48.5 Å². The highest BCUT2D eigenvalue weighted by Crippen LogP contribution is 2.52. The largest absolute Gasteiger partial charge is 0.318 e. The van der Waals surface area contributed by atoms with Crippen molar-refractivity contribution in [3.63, 3.8) is 0 Å². The summed E-state index contributed by atoms with van der Waals surface area (Å²) >= 11 is 0. The Bertz CT molecular complexity index is 574. The van der Waals surface area contributed by atoms with Crippen LogP contribution in [0.2, 0.25) is 0 Å². The summed E-state index contributed by atoms with van der Waals surface area (Å²) in [6.45, 7) is 0. The van der Waals surface area contributed by atoms with Crippen molar-refractivity contribution in [1.82, 2.24) is 0 Å². The van der Waals surface area contributed by atoms with Gasteiger partial charge >= 0.3 is 12.3 Å². The van der Waals surface area contributed by atoms with E-state index >= 15 is 0 Å². The maximum Gasteiger partial charge on any atom is 0.318 e. The molecule has 0 spiro atoms. The van der Waals surface area contributed by atoms with Crippen LogP contribution in [0.3, 0.4) is 0 Å². The molecule has 1 aliphatic rings. The second-order valence-corrected chi connectivity index (χ2v) is 4.58. The van der Waals surface area contributed by atoms with Crippen molar-refractivity contribution in [3.05, 3.63) is 59.7 Å². The fraction of sp³-hybridized carbons (Fsp3) is 0.200. The first-order valence-electron chi connectivity index (χ1n) is 5.87. The molecule has 0 radical (unpaired) electrons. The molecule has 0 bridgehead atoms. The lowest BCUT2D eigenvalue weighted by Gasteiger charge is -2.24. The maximum absolute atomic E-state index is 13.9. The monoisotopic (exact) mass is 266 g/mol. The Hall–Kier alpha value is -1.84. The number of alkyl halides is 4. The summed E-state index contributed by atoms with van der Waals surface area (Å²) in [6.07, 6.45) is -3.68. The standard InChI is InChI=1S/C15H10F4/c16-14(17)15(18,19)13-11-7-3-1-5-9(11)10-6-2-4-8-12(10)13/h1-8,13-14H. The molecule has 0 nitrogen and oxygen atoms in total. The first-order chi connectivity index (χ1) is 9.03.